The number of carbonyl (C=O) groups excluding carboxylic acids is 2. The van der Waals surface area contributed by atoms with Crippen molar-refractivity contribution in [3.05, 3.63) is 57.3 Å². The number of nitrogens with one attached hydrogen (secondary N) is 1. The fourth-order valence-electron chi connectivity index (χ4n) is 2.90. The molecule has 1 aromatic heterocycles. The van der Waals surface area contributed by atoms with Crippen molar-refractivity contribution in [3.8, 4) is 0 Å². The average molecular weight is 343 g/mol. The van der Waals surface area contributed by atoms with Crippen LogP contribution >= 0.6 is 11.3 Å². The number of hydrogen-bond acceptors (Lipinski definition) is 4. The molecule has 2 heterocycles. The molecule has 0 spiro atoms. The molecule has 24 heavy (non-hydrogen) atoms. The van der Waals surface area contributed by atoms with Crippen LogP contribution in [0.1, 0.15) is 38.1 Å². The van der Waals surface area contributed by atoms with E-state index in [1.165, 1.54) is 10.4 Å². The van der Waals surface area contributed by atoms with Gasteiger partial charge in [-0.25, -0.2) is 0 Å². The van der Waals surface area contributed by atoms with E-state index >= 15 is 0 Å². The Balaban J connectivity index is 1.53. The number of hydrogen-bond donors (Lipinski definition) is 2. The van der Waals surface area contributed by atoms with Gasteiger partial charge < -0.3 is 11.1 Å². The summed E-state index contributed by atoms with van der Waals surface area (Å²) in [6, 6.07) is 8.86. The van der Waals surface area contributed by atoms with Crippen molar-refractivity contribution in [2.45, 2.75) is 25.9 Å². The van der Waals surface area contributed by atoms with E-state index in [-0.39, 0.29) is 11.9 Å². The van der Waals surface area contributed by atoms with Crippen LogP contribution in [0.2, 0.25) is 0 Å². The van der Waals surface area contributed by atoms with Gasteiger partial charge in [0, 0.05) is 41.7 Å². The van der Waals surface area contributed by atoms with Crippen LogP contribution in [0, 0.1) is 0 Å². The van der Waals surface area contributed by atoms with Crippen LogP contribution in [0.4, 0.5) is 0 Å². The highest BCUT2D eigenvalue weighted by Gasteiger charge is 2.21. The molecule has 3 N–H and O–H groups in total. The highest BCUT2D eigenvalue weighted by molar-refractivity contribution is 7.10. The molecule has 1 aromatic carbocycles. The van der Waals surface area contributed by atoms with Gasteiger partial charge >= 0.3 is 0 Å². The number of thiophene rings is 1. The monoisotopic (exact) mass is 343 g/mol. The van der Waals surface area contributed by atoms with Crippen LogP contribution in [0.3, 0.4) is 0 Å². The summed E-state index contributed by atoms with van der Waals surface area (Å²) in [7, 11) is 0. The maximum absolute atomic E-state index is 12.2. The number of nitrogens with two attached hydrogens (primary N) is 1. The minimum Gasteiger partial charge on any atom is -0.366 e. The van der Waals surface area contributed by atoms with E-state index in [0.717, 1.165) is 19.5 Å². The van der Waals surface area contributed by atoms with Crippen LogP contribution in [-0.4, -0.2) is 35.8 Å². The standard InChI is InChI=1S/C18H21N3O2S/c1-12(21-8-6-16-15(11-21)7-9-24-16)10-20-18(23)14-4-2-13(3-5-14)17(19)22/h2-5,7,9,12H,6,8,10-11H2,1H3,(H2,19,22)(H,20,23). The molecule has 0 saturated heterocycles. The van der Waals surface area contributed by atoms with Gasteiger partial charge in [-0.1, -0.05) is 0 Å². The Morgan fingerprint density at radius 3 is 2.67 bits per heavy atom. The van der Waals surface area contributed by atoms with E-state index in [2.05, 4.69) is 28.6 Å². The number of rotatable bonds is 5. The van der Waals surface area contributed by atoms with Gasteiger partial charge in [-0.3, -0.25) is 14.5 Å². The summed E-state index contributed by atoms with van der Waals surface area (Å²) < 4.78 is 0. The Morgan fingerprint density at radius 1 is 1.25 bits per heavy atom. The number of benzene rings is 1. The molecule has 1 unspecified atom stereocenters. The van der Waals surface area contributed by atoms with Crippen LogP contribution in [0.15, 0.2) is 35.7 Å². The summed E-state index contributed by atoms with van der Waals surface area (Å²) in [5.74, 6) is -0.625. The Hall–Kier alpha value is -2.18. The van der Waals surface area contributed by atoms with Crippen LogP contribution in [0.25, 0.3) is 0 Å². The SMILES string of the molecule is CC(CNC(=O)c1ccc(C(N)=O)cc1)N1CCc2sccc2C1. The third-order valence-corrected chi connectivity index (χ3v) is 5.47. The number of amides is 2. The first-order chi connectivity index (χ1) is 11.5. The zero-order valence-corrected chi connectivity index (χ0v) is 14.4. The summed E-state index contributed by atoms with van der Waals surface area (Å²) in [6.45, 7) is 4.70. The lowest BCUT2D eigenvalue weighted by Crippen LogP contribution is -2.44. The normalized spacial score (nSPS) is 15.5. The van der Waals surface area contributed by atoms with Gasteiger partial charge in [-0.2, -0.15) is 0 Å². The van der Waals surface area contributed by atoms with Gasteiger partial charge in [0.1, 0.15) is 0 Å². The van der Waals surface area contributed by atoms with E-state index < -0.39 is 5.91 Å². The van der Waals surface area contributed by atoms with E-state index in [1.807, 2.05) is 11.3 Å². The van der Waals surface area contributed by atoms with Gasteiger partial charge in [-0.15, -0.1) is 11.3 Å². The first-order valence-electron chi connectivity index (χ1n) is 8.02. The maximum Gasteiger partial charge on any atom is 0.251 e. The topological polar surface area (TPSA) is 75.4 Å². The number of fused-ring (bicyclic) bond motifs is 1. The van der Waals surface area contributed by atoms with Crippen molar-refractivity contribution in [2.75, 3.05) is 13.1 Å². The molecule has 0 bridgehead atoms. The molecule has 126 valence electrons. The smallest absolute Gasteiger partial charge is 0.251 e. The molecule has 5 nitrogen and oxygen atoms in total. The van der Waals surface area contributed by atoms with Crippen molar-refractivity contribution < 1.29 is 9.59 Å². The first-order valence-corrected chi connectivity index (χ1v) is 8.90. The van der Waals surface area contributed by atoms with Gasteiger partial charge in [0.05, 0.1) is 0 Å². The van der Waals surface area contributed by atoms with Crippen molar-refractivity contribution >= 4 is 23.2 Å². The van der Waals surface area contributed by atoms with Crippen molar-refractivity contribution in [2.24, 2.45) is 5.73 Å². The Labute approximate surface area is 145 Å². The fraction of sp³-hybridized carbons (Fsp3) is 0.333. The predicted octanol–water partition coefficient (Wildman–Crippen LogP) is 2.02. The molecular weight excluding hydrogens is 322 g/mol. The molecule has 0 saturated carbocycles. The van der Waals surface area contributed by atoms with Crippen molar-refractivity contribution in [1.82, 2.24) is 10.2 Å². The second kappa shape index (κ2) is 7.15. The minimum atomic E-state index is -0.492. The second-order valence-electron chi connectivity index (χ2n) is 6.09. The second-order valence-corrected chi connectivity index (χ2v) is 7.09. The lowest BCUT2D eigenvalue weighted by Gasteiger charge is -2.32. The Morgan fingerprint density at radius 2 is 1.96 bits per heavy atom. The molecule has 2 amide bonds. The number of nitrogens with zero attached hydrogens (tertiary/aromatic N) is 1. The van der Waals surface area contributed by atoms with Crippen LogP contribution in [0.5, 0.6) is 0 Å². The third kappa shape index (κ3) is 3.66. The quantitative estimate of drug-likeness (QED) is 0.872. The summed E-state index contributed by atoms with van der Waals surface area (Å²) >= 11 is 1.83. The highest BCUT2D eigenvalue weighted by atomic mass is 32.1. The molecule has 2 aromatic rings. The molecular formula is C18H21N3O2S. The fourth-order valence-corrected chi connectivity index (χ4v) is 3.79. The summed E-state index contributed by atoms with van der Waals surface area (Å²) in [6.07, 6.45) is 1.08. The van der Waals surface area contributed by atoms with Crippen LogP contribution in [-0.2, 0) is 13.0 Å². The Kier molecular flexibility index (Phi) is 4.97. The molecule has 3 rings (SSSR count). The molecule has 0 aliphatic carbocycles. The van der Waals surface area contributed by atoms with Gasteiger partial charge in [0.25, 0.3) is 5.91 Å². The molecule has 6 heteroatoms. The third-order valence-electron chi connectivity index (χ3n) is 4.45. The molecule has 0 fully saturated rings. The van der Waals surface area contributed by atoms with Crippen LogP contribution < -0.4 is 11.1 Å². The summed E-state index contributed by atoms with van der Waals surface area (Å²) in [4.78, 5) is 27.2. The lowest BCUT2D eigenvalue weighted by molar-refractivity contribution is 0.0931. The zero-order chi connectivity index (χ0) is 17.1. The molecule has 1 atom stereocenters. The summed E-state index contributed by atoms with van der Waals surface area (Å²) in [5.41, 5.74) is 7.55. The highest BCUT2D eigenvalue weighted by Crippen LogP contribution is 2.24. The maximum atomic E-state index is 12.2. The van der Waals surface area contributed by atoms with Gasteiger partial charge in [0.2, 0.25) is 5.91 Å². The van der Waals surface area contributed by atoms with E-state index in [4.69, 9.17) is 5.73 Å². The number of carbonyl (C=O) groups is 2. The van der Waals surface area contributed by atoms with Gasteiger partial charge in [0.15, 0.2) is 0 Å². The molecule has 1 aliphatic heterocycles. The van der Waals surface area contributed by atoms with Crippen molar-refractivity contribution in [3.63, 3.8) is 0 Å². The molecule has 1 aliphatic rings. The van der Waals surface area contributed by atoms with Gasteiger partial charge in [-0.05, 0) is 54.6 Å². The Bertz CT molecular complexity index is 739. The zero-order valence-electron chi connectivity index (χ0n) is 13.6. The number of primary amides is 1. The largest absolute Gasteiger partial charge is 0.366 e. The summed E-state index contributed by atoms with van der Waals surface area (Å²) in [5, 5.41) is 5.12. The minimum absolute atomic E-state index is 0.133. The first kappa shape index (κ1) is 16.7. The lowest BCUT2D eigenvalue weighted by atomic mass is 10.1. The van der Waals surface area contributed by atoms with E-state index in [0.29, 0.717) is 17.7 Å². The predicted molar refractivity (Wildman–Crippen MR) is 95.2 cm³/mol. The van der Waals surface area contributed by atoms with E-state index in [9.17, 15) is 9.59 Å². The van der Waals surface area contributed by atoms with Crippen molar-refractivity contribution in [1.29, 1.82) is 0 Å². The average Bonchev–Trinajstić information content (AvgIpc) is 3.07. The molecule has 0 radical (unpaired) electrons. The van der Waals surface area contributed by atoms with E-state index in [1.54, 1.807) is 24.3 Å².